The Morgan fingerprint density at radius 1 is 1.20 bits per heavy atom. The van der Waals surface area contributed by atoms with Gasteiger partial charge in [0.2, 0.25) is 0 Å². The molecule has 0 saturated carbocycles. The Hall–Kier alpha value is -0.0800. The molecule has 0 N–H and O–H groups in total. The number of nitrogens with zero attached hydrogens (tertiary/aromatic N) is 2. The van der Waals surface area contributed by atoms with Gasteiger partial charge in [-0.05, 0) is 34.0 Å². The zero-order valence-electron chi connectivity index (χ0n) is 7.17. The van der Waals surface area contributed by atoms with E-state index < -0.39 is 0 Å². The minimum Gasteiger partial charge on any atom is -0.457 e. The van der Waals surface area contributed by atoms with Gasteiger partial charge in [-0.2, -0.15) is 0 Å². The standard InChI is InChI=1S/C8H17N2/c1-7-5-9(3)6-8(2)10(7)4/h7-8H,3,5-6H2,1-2,4H3/q-1/t7-,8+. The molecule has 10 heavy (non-hydrogen) atoms. The van der Waals surface area contributed by atoms with Crippen LogP contribution in [0.25, 0.3) is 0 Å². The molecule has 0 aromatic carbocycles. The van der Waals surface area contributed by atoms with E-state index in [4.69, 9.17) is 0 Å². The first-order valence-electron chi connectivity index (χ1n) is 3.88. The smallest absolute Gasteiger partial charge is 0.0171 e. The maximum Gasteiger partial charge on any atom is 0.0171 e. The largest absolute Gasteiger partial charge is 0.457 e. The molecule has 60 valence electrons. The molecule has 0 aromatic heterocycles. The number of piperazine rings is 1. The van der Waals surface area contributed by atoms with Crippen molar-refractivity contribution in [2.75, 3.05) is 20.1 Å². The van der Waals surface area contributed by atoms with Crippen LogP contribution in [-0.2, 0) is 0 Å². The van der Waals surface area contributed by atoms with Crippen LogP contribution in [0.5, 0.6) is 0 Å². The second kappa shape index (κ2) is 2.89. The average Bonchev–Trinajstić information content (AvgIpc) is 1.82. The van der Waals surface area contributed by atoms with Crippen molar-refractivity contribution in [1.29, 1.82) is 0 Å². The molecule has 0 radical (unpaired) electrons. The molecule has 2 heteroatoms. The first-order valence-corrected chi connectivity index (χ1v) is 3.88. The third-order valence-corrected chi connectivity index (χ3v) is 2.44. The third kappa shape index (κ3) is 1.50. The third-order valence-electron chi connectivity index (χ3n) is 2.44. The highest BCUT2D eigenvalue weighted by atomic mass is 15.3. The summed E-state index contributed by atoms with van der Waals surface area (Å²) in [6, 6.07) is 1.31. The van der Waals surface area contributed by atoms with Gasteiger partial charge in [0.1, 0.15) is 0 Å². The van der Waals surface area contributed by atoms with E-state index in [0.717, 1.165) is 13.1 Å². The number of hydrogen-bond donors (Lipinski definition) is 0. The average molecular weight is 141 g/mol. The van der Waals surface area contributed by atoms with Gasteiger partial charge in [0.05, 0.1) is 0 Å². The Morgan fingerprint density at radius 2 is 1.60 bits per heavy atom. The first-order chi connectivity index (χ1) is 4.61. The predicted octanol–water partition coefficient (Wildman–Crippen LogP) is 0.802. The van der Waals surface area contributed by atoms with Crippen LogP contribution >= 0.6 is 0 Å². The summed E-state index contributed by atoms with van der Waals surface area (Å²) in [6.07, 6.45) is 0. The predicted molar refractivity (Wildman–Crippen MR) is 43.6 cm³/mol. The number of likely N-dealkylation sites (N-methyl/N-ethyl adjacent to an activating group) is 1. The fraction of sp³-hybridized carbons (Fsp3) is 0.875. The number of rotatable bonds is 0. The van der Waals surface area contributed by atoms with Gasteiger partial charge in [0.15, 0.2) is 0 Å². The molecule has 2 nitrogen and oxygen atoms in total. The highest BCUT2D eigenvalue weighted by Gasteiger charge is 2.20. The van der Waals surface area contributed by atoms with E-state index in [1.165, 1.54) is 0 Å². The van der Waals surface area contributed by atoms with Crippen LogP contribution in [0.4, 0.5) is 0 Å². The quantitative estimate of drug-likeness (QED) is 0.460. The zero-order valence-corrected chi connectivity index (χ0v) is 7.17. The van der Waals surface area contributed by atoms with Gasteiger partial charge in [0, 0.05) is 12.1 Å². The maximum atomic E-state index is 3.94. The van der Waals surface area contributed by atoms with Crippen LogP contribution in [0.1, 0.15) is 13.8 Å². The molecule has 2 atom stereocenters. The van der Waals surface area contributed by atoms with Crippen molar-refractivity contribution in [2.24, 2.45) is 0 Å². The van der Waals surface area contributed by atoms with Crippen LogP contribution < -0.4 is 0 Å². The Labute approximate surface area is 63.8 Å². The lowest BCUT2D eigenvalue weighted by molar-refractivity contribution is 0.0860. The van der Waals surface area contributed by atoms with Crippen LogP contribution in [0, 0.1) is 7.05 Å². The molecule has 1 rings (SSSR count). The molecule has 0 unspecified atom stereocenters. The van der Waals surface area contributed by atoms with Crippen molar-refractivity contribution in [3.05, 3.63) is 7.05 Å². The summed E-state index contributed by atoms with van der Waals surface area (Å²) in [6.45, 7) is 6.68. The molecule has 1 aliphatic rings. The Kier molecular flexibility index (Phi) is 2.32. The maximum absolute atomic E-state index is 3.94. The highest BCUT2D eigenvalue weighted by molar-refractivity contribution is 4.81. The summed E-state index contributed by atoms with van der Waals surface area (Å²) >= 11 is 0. The molecule has 1 fully saturated rings. The van der Waals surface area contributed by atoms with Crippen LogP contribution in [0.3, 0.4) is 0 Å². The minimum atomic E-state index is 0.654. The normalized spacial score (nSPS) is 38.4. The fourth-order valence-electron chi connectivity index (χ4n) is 1.51. The van der Waals surface area contributed by atoms with Crippen molar-refractivity contribution in [3.8, 4) is 0 Å². The summed E-state index contributed by atoms with van der Waals surface area (Å²) in [5.41, 5.74) is 0. The molecule has 0 spiro atoms. The molecule has 0 amide bonds. The fourth-order valence-corrected chi connectivity index (χ4v) is 1.51. The first kappa shape index (κ1) is 8.02. The zero-order chi connectivity index (χ0) is 7.72. The van der Waals surface area contributed by atoms with Crippen molar-refractivity contribution in [1.82, 2.24) is 9.80 Å². The Balaban J connectivity index is 2.49. The summed E-state index contributed by atoms with van der Waals surface area (Å²) in [7, 11) is 6.12. The van der Waals surface area contributed by atoms with Gasteiger partial charge in [-0.25, -0.2) is 0 Å². The second-order valence-corrected chi connectivity index (χ2v) is 3.40. The number of hydrogen-bond acceptors (Lipinski definition) is 2. The van der Waals surface area contributed by atoms with E-state index in [1.54, 1.807) is 0 Å². The van der Waals surface area contributed by atoms with Crippen LogP contribution in [0.2, 0.25) is 0 Å². The molecule has 0 aromatic rings. The lowest BCUT2D eigenvalue weighted by Gasteiger charge is -2.44. The molecule has 0 aliphatic carbocycles. The lowest BCUT2D eigenvalue weighted by atomic mass is 10.1. The van der Waals surface area contributed by atoms with Gasteiger partial charge in [-0.3, -0.25) is 11.9 Å². The van der Waals surface area contributed by atoms with E-state index in [1.807, 2.05) is 0 Å². The monoisotopic (exact) mass is 141 g/mol. The van der Waals surface area contributed by atoms with E-state index >= 15 is 0 Å². The highest BCUT2D eigenvalue weighted by Crippen LogP contribution is 2.11. The van der Waals surface area contributed by atoms with E-state index in [2.05, 4.69) is 37.7 Å². The van der Waals surface area contributed by atoms with Gasteiger partial charge in [-0.15, -0.1) is 0 Å². The topological polar surface area (TPSA) is 6.48 Å². The summed E-state index contributed by atoms with van der Waals surface area (Å²) < 4.78 is 0. The summed E-state index contributed by atoms with van der Waals surface area (Å²) in [5, 5.41) is 0. The van der Waals surface area contributed by atoms with Crippen molar-refractivity contribution in [3.63, 3.8) is 0 Å². The lowest BCUT2D eigenvalue weighted by Crippen LogP contribution is -2.52. The van der Waals surface area contributed by atoms with Gasteiger partial charge in [-0.1, -0.05) is 0 Å². The minimum absolute atomic E-state index is 0.654. The van der Waals surface area contributed by atoms with Gasteiger partial charge < -0.3 is 4.90 Å². The Bertz CT molecular complexity index is 102. The molecule has 1 saturated heterocycles. The van der Waals surface area contributed by atoms with Crippen LogP contribution in [-0.4, -0.2) is 42.0 Å². The second-order valence-electron chi connectivity index (χ2n) is 3.40. The molecule has 1 aliphatic heterocycles. The van der Waals surface area contributed by atoms with E-state index in [0.29, 0.717) is 12.1 Å². The summed E-state index contributed by atoms with van der Waals surface area (Å²) in [5.74, 6) is 0. The van der Waals surface area contributed by atoms with Crippen LogP contribution in [0.15, 0.2) is 0 Å². The molecular formula is C8H17N2-. The Morgan fingerprint density at radius 3 is 2.00 bits per heavy atom. The summed E-state index contributed by atoms with van der Waals surface area (Å²) in [4.78, 5) is 4.55. The van der Waals surface area contributed by atoms with Gasteiger partial charge in [0.25, 0.3) is 0 Å². The van der Waals surface area contributed by atoms with Crippen molar-refractivity contribution < 1.29 is 0 Å². The van der Waals surface area contributed by atoms with E-state index in [-0.39, 0.29) is 0 Å². The molecule has 1 heterocycles. The molecule has 0 bridgehead atoms. The van der Waals surface area contributed by atoms with Gasteiger partial charge >= 0.3 is 0 Å². The van der Waals surface area contributed by atoms with E-state index in [9.17, 15) is 0 Å². The molecular weight excluding hydrogens is 124 g/mol. The van der Waals surface area contributed by atoms with Crippen molar-refractivity contribution in [2.45, 2.75) is 25.9 Å². The van der Waals surface area contributed by atoms with Crippen molar-refractivity contribution >= 4 is 0 Å². The SMILES string of the molecule is [CH2-]N1C[C@@H](C)N(C)[C@@H](C)C1.